The van der Waals surface area contributed by atoms with Crippen molar-refractivity contribution < 1.29 is 9.59 Å². The lowest BCUT2D eigenvalue weighted by atomic mass is 9.85. The quantitative estimate of drug-likeness (QED) is 0.645. The van der Waals surface area contributed by atoms with Gasteiger partial charge in [0.25, 0.3) is 11.5 Å². The Balaban J connectivity index is 1.41. The van der Waals surface area contributed by atoms with Crippen LogP contribution in [0.3, 0.4) is 0 Å². The lowest BCUT2D eigenvalue weighted by molar-refractivity contribution is -0.121. The summed E-state index contributed by atoms with van der Waals surface area (Å²) in [5, 5.41) is 6.39. The first-order valence-corrected chi connectivity index (χ1v) is 10.3. The smallest absolute Gasteiger partial charge is 0.263 e. The Labute approximate surface area is 167 Å². The number of thiazole rings is 1. The molecule has 1 fully saturated rings. The molecule has 28 heavy (non-hydrogen) atoms. The zero-order valence-electron chi connectivity index (χ0n) is 15.6. The number of pyridine rings is 1. The number of aromatic nitrogens is 2. The van der Waals surface area contributed by atoms with Gasteiger partial charge in [-0.3, -0.25) is 14.4 Å². The van der Waals surface area contributed by atoms with E-state index in [4.69, 9.17) is 5.73 Å². The number of amides is 2. The second-order valence-corrected chi connectivity index (χ2v) is 8.11. The summed E-state index contributed by atoms with van der Waals surface area (Å²) in [5.41, 5.74) is 5.47. The van der Waals surface area contributed by atoms with Crippen molar-refractivity contribution in [1.29, 1.82) is 0 Å². The van der Waals surface area contributed by atoms with Gasteiger partial charge in [-0.1, -0.05) is 23.8 Å². The molecule has 0 radical (unpaired) electrons. The molecule has 2 aromatic rings. The molecular weight excluding hydrogens is 378 g/mol. The Bertz CT molecular complexity index is 878. The number of hydrogen-bond acceptors (Lipinski definition) is 6. The summed E-state index contributed by atoms with van der Waals surface area (Å²) in [6, 6.07) is 5.03. The predicted molar refractivity (Wildman–Crippen MR) is 108 cm³/mol. The number of carbonyl (C=O) groups excluding carboxylic acids is 2. The number of hydrogen-bond donors (Lipinski definition) is 3. The summed E-state index contributed by atoms with van der Waals surface area (Å²) in [7, 11) is 0. The summed E-state index contributed by atoms with van der Waals surface area (Å²) in [6.45, 7) is 0.954. The van der Waals surface area contributed by atoms with Gasteiger partial charge in [0.2, 0.25) is 5.91 Å². The zero-order chi connectivity index (χ0) is 19.9. The molecule has 0 aliphatic heterocycles. The molecule has 2 amide bonds. The van der Waals surface area contributed by atoms with Crippen LogP contribution in [0.15, 0.2) is 35.4 Å². The van der Waals surface area contributed by atoms with E-state index in [2.05, 4.69) is 15.6 Å². The monoisotopic (exact) mass is 403 g/mol. The minimum absolute atomic E-state index is 0.0675. The molecule has 0 bridgehead atoms. The SMILES string of the molecule is Nc1ncc(C(=O)N[C@H]2CCC[C@@H](CNC(=O)CCn3ccccc3=O)C2)s1. The van der Waals surface area contributed by atoms with Gasteiger partial charge in [0.15, 0.2) is 5.13 Å². The highest BCUT2D eigenvalue weighted by molar-refractivity contribution is 7.17. The molecule has 9 heteroatoms. The van der Waals surface area contributed by atoms with Gasteiger partial charge in [0, 0.05) is 37.8 Å². The van der Waals surface area contributed by atoms with Crippen LogP contribution in [-0.4, -0.2) is 34.0 Å². The number of nitrogen functional groups attached to an aromatic ring is 1. The Kier molecular flexibility index (Phi) is 6.80. The molecule has 1 aliphatic rings. The van der Waals surface area contributed by atoms with Gasteiger partial charge in [-0.2, -0.15) is 0 Å². The first-order chi connectivity index (χ1) is 13.5. The van der Waals surface area contributed by atoms with Gasteiger partial charge in [-0.05, 0) is 31.2 Å². The van der Waals surface area contributed by atoms with Crippen molar-refractivity contribution in [1.82, 2.24) is 20.2 Å². The zero-order valence-corrected chi connectivity index (χ0v) is 16.4. The Morgan fingerprint density at radius 1 is 1.32 bits per heavy atom. The minimum atomic E-state index is -0.141. The molecule has 2 aromatic heterocycles. The Morgan fingerprint density at radius 3 is 2.93 bits per heavy atom. The Hall–Kier alpha value is -2.68. The van der Waals surface area contributed by atoms with E-state index in [0.29, 0.717) is 29.0 Å². The number of anilines is 1. The van der Waals surface area contributed by atoms with Gasteiger partial charge >= 0.3 is 0 Å². The number of carbonyl (C=O) groups is 2. The van der Waals surface area contributed by atoms with Gasteiger partial charge in [-0.25, -0.2) is 4.98 Å². The van der Waals surface area contributed by atoms with Gasteiger partial charge in [0.05, 0.1) is 6.20 Å². The molecular formula is C19H25N5O3S. The maximum atomic E-state index is 12.3. The van der Waals surface area contributed by atoms with E-state index >= 15 is 0 Å². The standard InChI is InChI=1S/C19H25N5O3S/c20-19-22-12-15(28-19)18(27)23-14-5-3-4-13(10-14)11-21-16(25)7-9-24-8-2-1-6-17(24)26/h1-2,6,8,12-14H,3-5,7,9-11H2,(H2,20,22)(H,21,25)(H,23,27)/t13-,14+/m1/s1. The van der Waals surface area contributed by atoms with Crippen molar-refractivity contribution in [3.63, 3.8) is 0 Å². The fourth-order valence-electron chi connectivity index (χ4n) is 3.47. The molecule has 1 aliphatic carbocycles. The summed E-state index contributed by atoms with van der Waals surface area (Å²) in [6.07, 6.45) is 7.24. The van der Waals surface area contributed by atoms with Crippen LogP contribution in [0, 0.1) is 5.92 Å². The van der Waals surface area contributed by atoms with E-state index in [-0.39, 0.29) is 29.8 Å². The first-order valence-electron chi connectivity index (χ1n) is 9.45. The molecule has 2 atom stereocenters. The summed E-state index contributed by atoms with van der Waals surface area (Å²) in [4.78, 5) is 40.4. The third kappa shape index (κ3) is 5.66. The molecule has 0 aromatic carbocycles. The molecule has 4 N–H and O–H groups in total. The second kappa shape index (κ2) is 9.50. The van der Waals surface area contributed by atoms with Crippen LogP contribution in [0.1, 0.15) is 41.8 Å². The van der Waals surface area contributed by atoms with Crippen LogP contribution in [0.4, 0.5) is 5.13 Å². The predicted octanol–water partition coefficient (Wildman–Crippen LogP) is 1.38. The highest BCUT2D eigenvalue weighted by Crippen LogP contribution is 2.24. The largest absolute Gasteiger partial charge is 0.375 e. The molecule has 3 rings (SSSR count). The summed E-state index contributed by atoms with van der Waals surface area (Å²) in [5.74, 6) is 0.119. The van der Waals surface area contributed by atoms with Crippen LogP contribution in [0.5, 0.6) is 0 Å². The van der Waals surface area contributed by atoms with Crippen LogP contribution in [0.2, 0.25) is 0 Å². The van der Waals surface area contributed by atoms with Crippen LogP contribution in [0.25, 0.3) is 0 Å². The van der Waals surface area contributed by atoms with E-state index in [1.807, 2.05) is 0 Å². The van der Waals surface area contributed by atoms with E-state index in [1.54, 1.807) is 18.3 Å². The molecule has 0 unspecified atom stereocenters. The average Bonchev–Trinajstić information content (AvgIpc) is 3.12. The van der Waals surface area contributed by atoms with Crippen molar-refractivity contribution >= 4 is 28.3 Å². The maximum absolute atomic E-state index is 12.3. The fraction of sp³-hybridized carbons (Fsp3) is 0.474. The number of nitrogens with one attached hydrogen (secondary N) is 2. The van der Waals surface area contributed by atoms with Gasteiger partial charge < -0.3 is 20.9 Å². The van der Waals surface area contributed by atoms with Crippen LogP contribution in [-0.2, 0) is 11.3 Å². The normalized spacial score (nSPS) is 19.1. The highest BCUT2D eigenvalue weighted by Gasteiger charge is 2.24. The van der Waals surface area contributed by atoms with Crippen LogP contribution >= 0.6 is 11.3 Å². The first kappa shape index (κ1) is 20.1. The molecule has 1 saturated carbocycles. The van der Waals surface area contributed by atoms with Crippen molar-refractivity contribution in [3.05, 3.63) is 45.8 Å². The maximum Gasteiger partial charge on any atom is 0.263 e. The summed E-state index contributed by atoms with van der Waals surface area (Å²) < 4.78 is 1.53. The lowest BCUT2D eigenvalue weighted by Crippen LogP contribution is -2.41. The third-order valence-corrected chi connectivity index (χ3v) is 5.76. The number of nitrogens with zero attached hydrogens (tertiary/aromatic N) is 2. The molecule has 8 nitrogen and oxygen atoms in total. The number of nitrogens with two attached hydrogens (primary N) is 1. The summed E-state index contributed by atoms with van der Waals surface area (Å²) >= 11 is 1.18. The average molecular weight is 404 g/mol. The Morgan fingerprint density at radius 2 is 2.18 bits per heavy atom. The number of rotatable bonds is 7. The molecule has 0 saturated heterocycles. The topological polar surface area (TPSA) is 119 Å². The van der Waals surface area contributed by atoms with Gasteiger partial charge in [-0.15, -0.1) is 0 Å². The van der Waals surface area contributed by atoms with Crippen molar-refractivity contribution in [2.75, 3.05) is 12.3 Å². The molecule has 2 heterocycles. The fourth-order valence-corrected chi connectivity index (χ4v) is 4.06. The third-order valence-electron chi connectivity index (χ3n) is 4.93. The molecule has 150 valence electrons. The van der Waals surface area contributed by atoms with Gasteiger partial charge in [0.1, 0.15) is 4.88 Å². The van der Waals surface area contributed by atoms with Crippen molar-refractivity contribution in [2.45, 2.75) is 44.7 Å². The van der Waals surface area contributed by atoms with E-state index < -0.39 is 0 Å². The molecule has 0 spiro atoms. The second-order valence-electron chi connectivity index (χ2n) is 7.05. The number of aryl methyl sites for hydroxylation is 1. The van der Waals surface area contributed by atoms with E-state index in [1.165, 1.54) is 28.2 Å². The van der Waals surface area contributed by atoms with E-state index in [9.17, 15) is 14.4 Å². The van der Waals surface area contributed by atoms with E-state index in [0.717, 1.165) is 25.7 Å². The van der Waals surface area contributed by atoms with Crippen LogP contribution < -0.4 is 21.9 Å². The van der Waals surface area contributed by atoms with Crippen molar-refractivity contribution in [3.8, 4) is 0 Å². The lowest BCUT2D eigenvalue weighted by Gasteiger charge is -2.29. The minimum Gasteiger partial charge on any atom is -0.375 e. The van der Waals surface area contributed by atoms with Crippen molar-refractivity contribution in [2.24, 2.45) is 5.92 Å². The highest BCUT2D eigenvalue weighted by atomic mass is 32.1.